The normalized spacial score (nSPS) is 11.1. The molecule has 3 aromatic carbocycles. The zero-order valence-electron chi connectivity index (χ0n) is 16.4. The van der Waals surface area contributed by atoms with Gasteiger partial charge in [-0.3, -0.25) is 0 Å². The molecular formula is C24H20O5. The fraction of sp³-hybridized carbons (Fsp3) is 0.167. The molecule has 0 radical (unpaired) electrons. The standard InChI is InChI=1S/C24H20O5/c1-4-28-23(26)20-14(3)11-18-17-10-9-16(25)12-19(17)29-24(27)22(18)21(20)15-7-5-13(2)6-8-15/h5-12,25H,4H2,1-3H3. The number of fused-ring (bicyclic) bond motifs is 3. The first-order valence-electron chi connectivity index (χ1n) is 9.38. The number of ether oxygens (including phenoxy) is 1. The molecule has 0 fully saturated rings. The molecule has 0 aliphatic rings. The second-order valence-corrected chi connectivity index (χ2v) is 7.02. The minimum Gasteiger partial charge on any atom is -0.508 e. The maximum Gasteiger partial charge on any atom is 0.344 e. The van der Waals surface area contributed by atoms with Gasteiger partial charge in [0.15, 0.2) is 0 Å². The number of hydrogen-bond acceptors (Lipinski definition) is 5. The first-order chi connectivity index (χ1) is 13.9. The molecule has 0 aliphatic carbocycles. The van der Waals surface area contributed by atoms with Crippen LogP contribution in [0.15, 0.2) is 57.7 Å². The van der Waals surface area contributed by atoms with Crippen molar-refractivity contribution in [2.24, 2.45) is 0 Å². The van der Waals surface area contributed by atoms with Crippen LogP contribution < -0.4 is 5.63 Å². The number of rotatable bonds is 3. The number of esters is 1. The van der Waals surface area contributed by atoms with Crippen LogP contribution >= 0.6 is 0 Å². The van der Waals surface area contributed by atoms with Crippen LogP contribution in [0.5, 0.6) is 5.75 Å². The molecule has 0 saturated heterocycles. The van der Waals surface area contributed by atoms with Crippen molar-refractivity contribution in [3.63, 3.8) is 0 Å². The van der Waals surface area contributed by atoms with Crippen LogP contribution in [-0.4, -0.2) is 17.7 Å². The molecule has 1 aromatic heterocycles. The van der Waals surface area contributed by atoms with Crippen LogP contribution in [-0.2, 0) is 4.74 Å². The predicted octanol–water partition coefficient (Wildman–Crippen LogP) is 5.11. The largest absolute Gasteiger partial charge is 0.508 e. The van der Waals surface area contributed by atoms with Crippen molar-refractivity contribution in [3.05, 3.63) is 75.6 Å². The lowest BCUT2D eigenvalue weighted by atomic mass is 9.89. The van der Waals surface area contributed by atoms with Crippen molar-refractivity contribution in [2.75, 3.05) is 6.61 Å². The quantitative estimate of drug-likeness (QED) is 0.300. The van der Waals surface area contributed by atoms with Crippen LogP contribution in [0.1, 0.15) is 28.4 Å². The van der Waals surface area contributed by atoms with Gasteiger partial charge in [-0.1, -0.05) is 29.8 Å². The Kier molecular flexibility index (Phi) is 4.59. The van der Waals surface area contributed by atoms with E-state index in [1.54, 1.807) is 25.1 Å². The zero-order valence-corrected chi connectivity index (χ0v) is 16.4. The summed E-state index contributed by atoms with van der Waals surface area (Å²) in [6, 6.07) is 14.1. The van der Waals surface area contributed by atoms with E-state index in [9.17, 15) is 14.7 Å². The number of carbonyl (C=O) groups excluding carboxylic acids is 1. The van der Waals surface area contributed by atoms with Gasteiger partial charge in [-0.25, -0.2) is 9.59 Å². The molecule has 29 heavy (non-hydrogen) atoms. The maximum atomic E-state index is 13.0. The van der Waals surface area contributed by atoms with Gasteiger partial charge >= 0.3 is 11.6 Å². The molecule has 0 amide bonds. The molecule has 0 atom stereocenters. The molecule has 0 aliphatic heterocycles. The Morgan fingerprint density at radius 3 is 2.45 bits per heavy atom. The van der Waals surface area contributed by atoms with Crippen molar-refractivity contribution in [3.8, 4) is 16.9 Å². The summed E-state index contributed by atoms with van der Waals surface area (Å²) in [6.07, 6.45) is 0. The van der Waals surface area contributed by atoms with Crippen LogP contribution in [0, 0.1) is 13.8 Å². The van der Waals surface area contributed by atoms with E-state index in [1.807, 2.05) is 38.1 Å². The lowest BCUT2D eigenvalue weighted by Gasteiger charge is -2.16. The van der Waals surface area contributed by atoms with E-state index in [2.05, 4.69) is 0 Å². The SMILES string of the molecule is CCOC(=O)c1c(C)cc2c(c1-c1ccc(C)cc1)c(=O)oc1cc(O)ccc12. The van der Waals surface area contributed by atoms with Gasteiger partial charge in [-0.2, -0.15) is 0 Å². The van der Waals surface area contributed by atoms with Crippen molar-refractivity contribution in [1.29, 1.82) is 0 Å². The molecule has 1 heterocycles. The lowest BCUT2D eigenvalue weighted by molar-refractivity contribution is 0.0526. The van der Waals surface area contributed by atoms with Gasteiger partial charge in [0.2, 0.25) is 0 Å². The van der Waals surface area contributed by atoms with Crippen LogP contribution in [0.2, 0.25) is 0 Å². The Labute approximate surface area is 167 Å². The molecule has 146 valence electrons. The summed E-state index contributed by atoms with van der Waals surface area (Å²) in [7, 11) is 0. The third-order valence-corrected chi connectivity index (χ3v) is 5.01. The zero-order chi connectivity index (χ0) is 20.7. The fourth-order valence-corrected chi connectivity index (χ4v) is 3.69. The average Bonchev–Trinajstić information content (AvgIpc) is 2.67. The van der Waals surface area contributed by atoms with Gasteiger partial charge in [0.25, 0.3) is 0 Å². The first kappa shape index (κ1) is 18.7. The molecule has 5 heteroatoms. The molecule has 1 N–H and O–H groups in total. The summed E-state index contributed by atoms with van der Waals surface area (Å²) >= 11 is 0. The Morgan fingerprint density at radius 1 is 1.03 bits per heavy atom. The van der Waals surface area contributed by atoms with Crippen molar-refractivity contribution in [2.45, 2.75) is 20.8 Å². The number of phenols is 1. The predicted molar refractivity (Wildman–Crippen MR) is 113 cm³/mol. The van der Waals surface area contributed by atoms with Gasteiger partial charge < -0.3 is 14.3 Å². The minimum absolute atomic E-state index is 0.0126. The third kappa shape index (κ3) is 3.14. The third-order valence-electron chi connectivity index (χ3n) is 5.01. The Balaban J connectivity index is 2.21. The molecular weight excluding hydrogens is 368 g/mol. The highest BCUT2D eigenvalue weighted by atomic mass is 16.5. The molecule has 0 unspecified atom stereocenters. The van der Waals surface area contributed by atoms with E-state index in [1.165, 1.54) is 6.07 Å². The lowest BCUT2D eigenvalue weighted by Crippen LogP contribution is -2.12. The molecule has 0 bridgehead atoms. The first-order valence-corrected chi connectivity index (χ1v) is 9.38. The number of phenolic OH excluding ortho intramolecular Hbond substituents is 1. The Hall–Kier alpha value is -3.60. The van der Waals surface area contributed by atoms with E-state index < -0.39 is 11.6 Å². The van der Waals surface area contributed by atoms with Gasteiger partial charge in [-0.05, 0) is 50.1 Å². The second-order valence-electron chi connectivity index (χ2n) is 7.02. The number of hydrogen-bond donors (Lipinski definition) is 1. The number of aryl methyl sites for hydroxylation is 2. The van der Waals surface area contributed by atoms with Crippen molar-refractivity contribution < 1.29 is 19.1 Å². The van der Waals surface area contributed by atoms with Gasteiger partial charge in [0.1, 0.15) is 11.3 Å². The maximum absolute atomic E-state index is 13.0. The highest BCUT2D eigenvalue weighted by Crippen LogP contribution is 2.37. The summed E-state index contributed by atoms with van der Waals surface area (Å²) in [5.41, 5.74) is 3.08. The monoisotopic (exact) mass is 388 g/mol. The topological polar surface area (TPSA) is 76.7 Å². The molecule has 4 rings (SSSR count). The molecule has 5 nitrogen and oxygen atoms in total. The summed E-state index contributed by atoms with van der Waals surface area (Å²) < 4.78 is 10.8. The van der Waals surface area contributed by atoms with E-state index >= 15 is 0 Å². The summed E-state index contributed by atoms with van der Waals surface area (Å²) in [5.74, 6) is -0.466. The number of carbonyl (C=O) groups is 1. The van der Waals surface area contributed by atoms with Crippen LogP contribution in [0.3, 0.4) is 0 Å². The average molecular weight is 388 g/mol. The summed E-state index contributed by atoms with van der Waals surface area (Å²) in [5, 5.41) is 11.4. The smallest absolute Gasteiger partial charge is 0.344 e. The molecule has 0 spiro atoms. The Morgan fingerprint density at radius 2 is 1.76 bits per heavy atom. The van der Waals surface area contributed by atoms with E-state index in [0.717, 1.165) is 11.1 Å². The van der Waals surface area contributed by atoms with Crippen LogP contribution in [0.4, 0.5) is 0 Å². The van der Waals surface area contributed by atoms with E-state index in [4.69, 9.17) is 9.15 Å². The van der Waals surface area contributed by atoms with Gasteiger partial charge in [0, 0.05) is 22.4 Å². The highest BCUT2D eigenvalue weighted by molar-refractivity contribution is 6.15. The highest BCUT2D eigenvalue weighted by Gasteiger charge is 2.24. The number of aromatic hydroxyl groups is 1. The summed E-state index contributed by atoms with van der Waals surface area (Å²) in [4.78, 5) is 25.8. The minimum atomic E-state index is -0.570. The molecule has 0 saturated carbocycles. The second kappa shape index (κ2) is 7.09. The van der Waals surface area contributed by atoms with Crippen molar-refractivity contribution in [1.82, 2.24) is 0 Å². The van der Waals surface area contributed by atoms with Crippen LogP contribution in [0.25, 0.3) is 32.9 Å². The van der Waals surface area contributed by atoms with E-state index in [0.29, 0.717) is 38.4 Å². The summed E-state index contributed by atoms with van der Waals surface area (Å²) in [6.45, 7) is 5.77. The van der Waals surface area contributed by atoms with E-state index in [-0.39, 0.29) is 12.4 Å². The number of benzene rings is 3. The van der Waals surface area contributed by atoms with Gasteiger partial charge in [0.05, 0.1) is 17.6 Å². The van der Waals surface area contributed by atoms with Crippen molar-refractivity contribution >= 4 is 27.7 Å². The molecule has 4 aromatic rings. The Bertz CT molecular complexity index is 1310. The van der Waals surface area contributed by atoms with Gasteiger partial charge in [-0.15, -0.1) is 0 Å². The fourth-order valence-electron chi connectivity index (χ4n) is 3.69.